The molecule has 0 radical (unpaired) electrons. The van der Waals surface area contributed by atoms with Crippen LogP contribution in [0.25, 0.3) is 0 Å². The number of halogens is 2. The second kappa shape index (κ2) is 9.39. The summed E-state index contributed by atoms with van der Waals surface area (Å²) in [4.78, 5) is 13.7. The fraction of sp³-hybridized carbons (Fsp3) is 0.316. The lowest BCUT2D eigenvalue weighted by atomic mass is 10.1. The second-order valence-electron chi connectivity index (χ2n) is 5.82. The minimum Gasteiger partial charge on any atom is -0.497 e. The van der Waals surface area contributed by atoms with E-state index in [2.05, 4.69) is 5.32 Å². The Kier molecular flexibility index (Phi) is 7.22. The Morgan fingerprint density at radius 1 is 1.24 bits per heavy atom. The minimum atomic E-state index is -0.362. The van der Waals surface area contributed by atoms with Crippen molar-refractivity contribution in [1.29, 1.82) is 0 Å². The molecule has 2 aromatic rings. The van der Waals surface area contributed by atoms with Gasteiger partial charge in [0.1, 0.15) is 11.6 Å². The van der Waals surface area contributed by atoms with E-state index in [1.165, 1.54) is 6.07 Å². The van der Waals surface area contributed by atoms with Crippen molar-refractivity contribution in [3.63, 3.8) is 0 Å². The van der Waals surface area contributed by atoms with Crippen LogP contribution in [0.2, 0.25) is 5.02 Å². The Bertz CT molecular complexity index is 687. The molecule has 0 heterocycles. The molecular formula is C19H22ClFN2O2. The van der Waals surface area contributed by atoms with E-state index in [1.807, 2.05) is 24.3 Å². The van der Waals surface area contributed by atoms with Crippen LogP contribution in [0, 0.1) is 5.82 Å². The van der Waals surface area contributed by atoms with Crippen molar-refractivity contribution in [2.24, 2.45) is 0 Å². The fourth-order valence-corrected chi connectivity index (χ4v) is 2.67. The molecule has 0 spiro atoms. The first-order chi connectivity index (χ1) is 12.0. The molecule has 1 amide bonds. The van der Waals surface area contributed by atoms with Gasteiger partial charge in [0.25, 0.3) is 0 Å². The van der Waals surface area contributed by atoms with Gasteiger partial charge in [-0.05, 0) is 43.3 Å². The van der Waals surface area contributed by atoms with Crippen molar-refractivity contribution < 1.29 is 13.9 Å². The number of carbonyl (C=O) groups is 1. The highest BCUT2D eigenvalue weighted by Crippen LogP contribution is 2.20. The number of methoxy groups -OCH3 is 1. The summed E-state index contributed by atoms with van der Waals surface area (Å²) in [6, 6.07) is 12.3. The van der Waals surface area contributed by atoms with Crippen molar-refractivity contribution in [1.82, 2.24) is 10.2 Å². The third-order valence-corrected chi connectivity index (χ3v) is 4.15. The summed E-state index contributed by atoms with van der Waals surface area (Å²) in [6.07, 6.45) is 0.735. The molecular weight excluding hydrogens is 343 g/mol. The van der Waals surface area contributed by atoms with Gasteiger partial charge in [-0.2, -0.15) is 0 Å². The molecule has 6 heteroatoms. The van der Waals surface area contributed by atoms with E-state index >= 15 is 0 Å². The van der Waals surface area contributed by atoms with Crippen LogP contribution in [0.5, 0.6) is 5.75 Å². The predicted molar refractivity (Wildman–Crippen MR) is 97.5 cm³/mol. The summed E-state index contributed by atoms with van der Waals surface area (Å²) in [6.45, 7) is 0.990. The van der Waals surface area contributed by atoms with E-state index in [4.69, 9.17) is 16.3 Å². The molecule has 0 atom stereocenters. The van der Waals surface area contributed by atoms with Crippen LogP contribution in [0.3, 0.4) is 0 Å². The molecule has 0 aliphatic heterocycles. The number of benzene rings is 2. The normalized spacial score (nSPS) is 10.8. The molecule has 0 saturated heterocycles. The number of ether oxygens (including phenoxy) is 1. The molecule has 2 rings (SSSR count). The van der Waals surface area contributed by atoms with Gasteiger partial charge in [0.2, 0.25) is 5.91 Å². The zero-order chi connectivity index (χ0) is 18.2. The summed E-state index contributed by atoms with van der Waals surface area (Å²) in [7, 11) is 3.38. The molecule has 0 saturated carbocycles. The van der Waals surface area contributed by atoms with Crippen LogP contribution in [0.1, 0.15) is 11.1 Å². The van der Waals surface area contributed by atoms with E-state index < -0.39 is 0 Å². The molecule has 0 aliphatic carbocycles. The first-order valence-corrected chi connectivity index (χ1v) is 8.38. The summed E-state index contributed by atoms with van der Waals surface area (Å²) < 4.78 is 18.9. The number of hydrogen-bond acceptors (Lipinski definition) is 3. The van der Waals surface area contributed by atoms with Gasteiger partial charge in [-0.25, -0.2) is 4.39 Å². The Morgan fingerprint density at radius 3 is 2.60 bits per heavy atom. The van der Waals surface area contributed by atoms with Crippen molar-refractivity contribution in [3.05, 3.63) is 64.4 Å². The maximum atomic E-state index is 13.8. The van der Waals surface area contributed by atoms with Gasteiger partial charge in [-0.1, -0.05) is 29.8 Å². The molecule has 2 aromatic carbocycles. The number of nitrogens with zero attached hydrogens (tertiary/aromatic N) is 1. The molecule has 0 bridgehead atoms. The standard InChI is InChI=1S/C19H22ClFN2O2/c1-23(12-16-17(20)4-3-5-18(16)21)13-19(24)22-11-10-14-6-8-15(25-2)9-7-14/h3-9H,10-13H2,1-2H3,(H,22,24). The Balaban J connectivity index is 1.75. The van der Waals surface area contributed by atoms with Gasteiger partial charge in [-0.3, -0.25) is 9.69 Å². The lowest BCUT2D eigenvalue weighted by Gasteiger charge is -2.17. The summed E-state index contributed by atoms with van der Waals surface area (Å²) in [5.41, 5.74) is 1.52. The lowest BCUT2D eigenvalue weighted by Crippen LogP contribution is -2.36. The first-order valence-electron chi connectivity index (χ1n) is 8.00. The van der Waals surface area contributed by atoms with Crippen LogP contribution in [0.15, 0.2) is 42.5 Å². The highest BCUT2D eigenvalue weighted by molar-refractivity contribution is 6.31. The molecule has 0 unspecified atom stereocenters. The molecule has 25 heavy (non-hydrogen) atoms. The molecule has 4 nitrogen and oxygen atoms in total. The second-order valence-corrected chi connectivity index (χ2v) is 6.23. The zero-order valence-corrected chi connectivity index (χ0v) is 15.1. The minimum absolute atomic E-state index is 0.108. The Hall–Kier alpha value is -2.11. The van der Waals surface area contributed by atoms with Crippen molar-refractivity contribution >= 4 is 17.5 Å². The van der Waals surface area contributed by atoms with Crippen LogP contribution in [-0.2, 0) is 17.8 Å². The zero-order valence-electron chi connectivity index (χ0n) is 14.4. The number of carbonyl (C=O) groups excluding carboxylic acids is 1. The number of nitrogens with one attached hydrogen (secondary N) is 1. The van der Waals surface area contributed by atoms with Crippen LogP contribution in [0.4, 0.5) is 4.39 Å². The molecule has 0 aromatic heterocycles. The molecule has 134 valence electrons. The van der Waals surface area contributed by atoms with E-state index in [9.17, 15) is 9.18 Å². The van der Waals surface area contributed by atoms with Crippen LogP contribution in [-0.4, -0.2) is 38.1 Å². The van der Waals surface area contributed by atoms with Gasteiger partial charge in [0, 0.05) is 23.7 Å². The number of amides is 1. The quantitative estimate of drug-likeness (QED) is 0.781. The number of rotatable bonds is 8. The van der Waals surface area contributed by atoms with Crippen molar-refractivity contribution in [2.75, 3.05) is 27.2 Å². The molecule has 0 aliphatic rings. The van der Waals surface area contributed by atoms with Crippen molar-refractivity contribution in [3.8, 4) is 5.75 Å². The number of likely N-dealkylation sites (N-methyl/N-ethyl adjacent to an activating group) is 1. The fourth-order valence-electron chi connectivity index (χ4n) is 2.45. The Labute approximate surface area is 152 Å². The monoisotopic (exact) mass is 364 g/mol. The SMILES string of the molecule is COc1ccc(CCNC(=O)CN(C)Cc2c(F)cccc2Cl)cc1. The van der Waals surface area contributed by atoms with Gasteiger partial charge >= 0.3 is 0 Å². The van der Waals surface area contributed by atoms with E-state index in [0.717, 1.165) is 17.7 Å². The smallest absolute Gasteiger partial charge is 0.234 e. The third-order valence-electron chi connectivity index (χ3n) is 3.80. The summed E-state index contributed by atoms with van der Waals surface area (Å²) in [5, 5.41) is 3.23. The average molecular weight is 365 g/mol. The maximum absolute atomic E-state index is 13.8. The predicted octanol–water partition coefficient (Wildman–Crippen LogP) is 3.28. The summed E-state index contributed by atoms with van der Waals surface area (Å²) >= 11 is 6.01. The van der Waals surface area contributed by atoms with E-state index in [0.29, 0.717) is 17.1 Å². The van der Waals surface area contributed by atoms with Crippen LogP contribution < -0.4 is 10.1 Å². The van der Waals surface area contributed by atoms with Gasteiger partial charge in [0.05, 0.1) is 13.7 Å². The topological polar surface area (TPSA) is 41.6 Å². The van der Waals surface area contributed by atoms with Gasteiger partial charge < -0.3 is 10.1 Å². The highest BCUT2D eigenvalue weighted by Gasteiger charge is 2.12. The van der Waals surface area contributed by atoms with E-state index in [-0.39, 0.29) is 24.8 Å². The summed E-state index contributed by atoms with van der Waals surface area (Å²) in [5.74, 6) is 0.337. The number of hydrogen-bond donors (Lipinski definition) is 1. The molecule has 0 fully saturated rings. The Morgan fingerprint density at radius 2 is 1.96 bits per heavy atom. The third kappa shape index (κ3) is 6.03. The van der Waals surface area contributed by atoms with Gasteiger partial charge in [0.15, 0.2) is 0 Å². The molecule has 1 N–H and O–H groups in total. The van der Waals surface area contributed by atoms with Crippen molar-refractivity contribution in [2.45, 2.75) is 13.0 Å². The van der Waals surface area contributed by atoms with Gasteiger partial charge in [-0.15, -0.1) is 0 Å². The van der Waals surface area contributed by atoms with E-state index in [1.54, 1.807) is 31.2 Å². The first kappa shape index (κ1) is 19.2. The highest BCUT2D eigenvalue weighted by atomic mass is 35.5. The maximum Gasteiger partial charge on any atom is 0.234 e. The lowest BCUT2D eigenvalue weighted by molar-refractivity contribution is -0.122. The largest absolute Gasteiger partial charge is 0.497 e. The van der Waals surface area contributed by atoms with Crippen LogP contribution >= 0.6 is 11.6 Å². The average Bonchev–Trinajstić information content (AvgIpc) is 2.59.